The van der Waals surface area contributed by atoms with Crippen molar-refractivity contribution in [2.45, 2.75) is 53.2 Å². The van der Waals surface area contributed by atoms with Crippen LogP contribution >= 0.6 is 0 Å². The fourth-order valence-corrected chi connectivity index (χ4v) is 2.84. The number of rotatable bonds is 2. The van der Waals surface area contributed by atoms with E-state index in [0.29, 0.717) is 0 Å². The molecule has 5 heteroatoms. The summed E-state index contributed by atoms with van der Waals surface area (Å²) in [7, 11) is 0. The summed E-state index contributed by atoms with van der Waals surface area (Å²) in [4.78, 5) is 37.4. The average Bonchev–Trinajstić information content (AvgIpc) is 2.65. The highest BCUT2D eigenvalue weighted by Crippen LogP contribution is 2.63. The summed E-state index contributed by atoms with van der Waals surface area (Å²) in [6.45, 7) is 10.6. The predicted octanol–water partition coefficient (Wildman–Crippen LogP) is 1.36. The molecule has 1 saturated heterocycles. The van der Waals surface area contributed by atoms with Gasteiger partial charge in [0.25, 0.3) is 0 Å². The molecule has 2 amide bonds. The summed E-state index contributed by atoms with van der Waals surface area (Å²) in [6, 6.07) is -0.845. The number of likely N-dealkylation sites (tertiary alicyclic amines) is 1. The molecule has 19 heavy (non-hydrogen) atoms. The minimum atomic E-state index is -0.845. The zero-order chi connectivity index (χ0) is 14.7. The van der Waals surface area contributed by atoms with Crippen molar-refractivity contribution in [1.82, 2.24) is 4.90 Å². The number of hydrogen-bond acceptors (Lipinski definition) is 4. The van der Waals surface area contributed by atoms with Gasteiger partial charge in [0.1, 0.15) is 11.6 Å². The summed E-state index contributed by atoms with van der Waals surface area (Å²) in [5.41, 5.74) is -0.877. The van der Waals surface area contributed by atoms with Crippen molar-refractivity contribution in [2.75, 3.05) is 0 Å². The molecule has 0 N–H and O–H groups in total. The van der Waals surface area contributed by atoms with Crippen LogP contribution < -0.4 is 0 Å². The summed E-state index contributed by atoms with van der Waals surface area (Å²) in [5, 5.41) is 0. The van der Waals surface area contributed by atoms with Gasteiger partial charge in [-0.1, -0.05) is 13.8 Å². The minimum Gasteiger partial charge on any atom is -0.458 e. The maximum atomic E-state index is 12.2. The molecule has 2 aliphatic rings. The van der Waals surface area contributed by atoms with E-state index in [-0.39, 0.29) is 29.1 Å². The van der Waals surface area contributed by atoms with Gasteiger partial charge in [0.2, 0.25) is 11.8 Å². The molecule has 106 valence electrons. The predicted molar refractivity (Wildman–Crippen MR) is 67.9 cm³/mol. The van der Waals surface area contributed by atoms with Gasteiger partial charge in [-0.15, -0.1) is 0 Å². The maximum Gasteiger partial charge on any atom is 0.329 e. The standard InChI is InChI=1S/C14H21NO4/c1-7(12(18)19-13(2,3)4)15-10(16)8-9(11(15)17)14(8,5)6/h7-9H,1-6H3. The zero-order valence-electron chi connectivity index (χ0n) is 12.3. The highest BCUT2D eigenvalue weighted by molar-refractivity contribution is 6.12. The van der Waals surface area contributed by atoms with Crippen LogP contribution in [0.4, 0.5) is 0 Å². The highest BCUT2D eigenvalue weighted by Gasteiger charge is 2.73. The first kappa shape index (κ1) is 14.0. The fraction of sp³-hybridized carbons (Fsp3) is 0.786. The van der Waals surface area contributed by atoms with Crippen LogP contribution in [0, 0.1) is 17.3 Å². The Morgan fingerprint density at radius 1 is 1.21 bits per heavy atom. The van der Waals surface area contributed by atoms with Gasteiger partial charge in [-0.2, -0.15) is 0 Å². The summed E-state index contributed by atoms with van der Waals surface area (Å²) >= 11 is 0. The monoisotopic (exact) mass is 267 g/mol. The molecule has 0 radical (unpaired) electrons. The summed E-state index contributed by atoms with van der Waals surface area (Å²) in [6.07, 6.45) is 0. The van der Waals surface area contributed by atoms with Crippen molar-refractivity contribution in [3.63, 3.8) is 0 Å². The van der Waals surface area contributed by atoms with Gasteiger partial charge < -0.3 is 4.74 Å². The van der Waals surface area contributed by atoms with Gasteiger partial charge in [-0.3, -0.25) is 14.5 Å². The fourth-order valence-electron chi connectivity index (χ4n) is 2.84. The van der Waals surface area contributed by atoms with Crippen molar-refractivity contribution in [3.05, 3.63) is 0 Å². The number of nitrogens with zero attached hydrogens (tertiary/aromatic N) is 1. The lowest BCUT2D eigenvalue weighted by atomic mass is 10.0. The molecule has 0 aromatic carbocycles. The van der Waals surface area contributed by atoms with E-state index in [1.54, 1.807) is 27.7 Å². The van der Waals surface area contributed by atoms with Gasteiger partial charge >= 0.3 is 5.97 Å². The number of esters is 1. The van der Waals surface area contributed by atoms with E-state index in [1.165, 1.54) is 0 Å². The number of piperidine rings is 1. The Hall–Kier alpha value is -1.39. The van der Waals surface area contributed by atoms with Crippen LogP contribution in [0.25, 0.3) is 0 Å². The van der Waals surface area contributed by atoms with E-state index in [4.69, 9.17) is 4.74 Å². The molecule has 3 unspecified atom stereocenters. The van der Waals surface area contributed by atoms with Crippen LogP contribution in [0.3, 0.4) is 0 Å². The molecule has 1 aliphatic heterocycles. The topological polar surface area (TPSA) is 63.7 Å². The Bertz CT molecular complexity index is 437. The van der Waals surface area contributed by atoms with Crippen molar-refractivity contribution < 1.29 is 19.1 Å². The van der Waals surface area contributed by atoms with Crippen LogP contribution in [0.1, 0.15) is 41.5 Å². The summed E-state index contributed by atoms with van der Waals surface area (Å²) in [5.74, 6) is -1.53. The molecule has 0 aromatic rings. The summed E-state index contributed by atoms with van der Waals surface area (Å²) < 4.78 is 5.23. The van der Waals surface area contributed by atoms with E-state index in [0.717, 1.165) is 4.90 Å². The first-order valence-electron chi connectivity index (χ1n) is 6.58. The van der Waals surface area contributed by atoms with E-state index >= 15 is 0 Å². The molecule has 1 heterocycles. The Morgan fingerprint density at radius 3 is 2.00 bits per heavy atom. The number of amides is 2. The molecule has 2 rings (SSSR count). The number of fused-ring (bicyclic) bond motifs is 1. The second-order valence-corrected chi connectivity index (χ2v) is 7.03. The second-order valence-electron chi connectivity index (χ2n) is 7.03. The van der Waals surface area contributed by atoms with Gasteiger partial charge in [0, 0.05) is 0 Å². The van der Waals surface area contributed by atoms with Gasteiger partial charge in [-0.25, -0.2) is 4.79 Å². The third-order valence-corrected chi connectivity index (χ3v) is 3.97. The van der Waals surface area contributed by atoms with Gasteiger partial charge in [0.15, 0.2) is 0 Å². The Labute approximate surface area is 113 Å². The lowest BCUT2D eigenvalue weighted by Crippen LogP contribution is -2.48. The first-order chi connectivity index (χ1) is 8.48. The lowest BCUT2D eigenvalue weighted by molar-refractivity contribution is -0.167. The Morgan fingerprint density at radius 2 is 1.63 bits per heavy atom. The number of carbonyl (C=O) groups excluding carboxylic acids is 3. The van der Waals surface area contributed by atoms with Gasteiger partial charge in [0.05, 0.1) is 11.8 Å². The molecule has 1 aliphatic carbocycles. The van der Waals surface area contributed by atoms with E-state index in [9.17, 15) is 14.4 Å². The van der Waals surface area contributed by atoms with Crippen LogP contribution in [0.15, 0.2) is 0 Å². The van der Waals surface area contributed by atoms with Crippen LogP contribution in [-0.2, 0) is 19.1 Å². The minimum absolute atomic E-state index is 0.238. The van der Waals surface area contributed by atoms with Crippen molar-refractivity contribution in [1.29, 1.82) is 0 Å². The van der Waals surface area contributed by atoms with Crippen LogP contribution in [0.2, 0.25) is 0 Å². The Kier molecular flexibility index (Phi) is 2.81. The van der Waals surface area contributed by atoms with Crippen LogP contribution in [-0.4, -0.2) is 34.3 Å². The molecular weight excluding hydrogens is 246 g/mol. The zero-order valence-corrected chi connectivity index (χ0v) is 12.3. The molecule has 0 aromatic heterocycles. The maximum absolute atomic E-state index is 12.2. The van der Waals surface area contributed by atoms with Crippen LogP contribution in [0.5, 0.6) is 0 Å². The van der Waals surface area contributed by atoms with E-state index in [2.05, 4.69) is 0 Å². The number of hydrogen-bond donors (Lipinski definition) is 0. The molecule has 1 saturated carbocycles. The molecule has 2 fully saturated rings. The van der Waals surface area contributed by atoms with E-state index < -0.39 is 17.6 Å². The SMILES string of the molecule is CC(C(=O)OC(C)(C)C)N1C(=O)C2C(C1=O)C2(C)C. The smallest absolute Gasteiger partial charge is 0.329 e. The van der Waals surface area contributed by atoms with Crippen molar-refractivity contribution >= 4 is 17.8 Å². The van der Waals surface area contributed by atoms with Gasteiger partial charge in [-0.05, 0) is 33.1 Å². The third kappa shape index (κ3) is 2.05. The first-order valence-corrected chi connectivity index (χ1v) is 6.58. The number of ether oxygens (including phenoxy) is 1. The number of imide groups is 1. The molecule has 0 bridgehead atoms. The Balaban J connectivity index is 2.11. The second kappa shape index (κ2) is 3.81. The van der Waals surface area contributed by atoms with Crippen molar-refractivity contribution in [3.8, 4) is 0 Å². The quantitative estimate of drug-likeness (QED) is 0.560. The van der Waals surface area contributed by atoms with Crippen molar-refractivity contribution in [2.24, 2.45) is 17.3 Å². The van der Waals surface area contributed by atoms with E-state index in [1.807, 2.05) is 13.8 Å². The molecule has 0 spiro atoms. The lowest BCUT2D eigenvalue weighted by Gasteiger charge is -2.28. The largest absolute Gasteiger partial charge is 0.458 e. The molecular formula is C14H21NO4. The molecule has 5 nitrogen and oxygen atoms in total. The average molecular weight is 267 g/mol. The normalized spacial score (nSPS) is 30.1. The third-order valence-electron chi connectivity index (χ3n) is 3.97. The number of carbonyl (C=O) groups is 3. The molecule has 3 atom stereocenters. The highest BCUT2D eigenvalue weighted by atomic mass is 16.6.